The summed E-state index contributed by atoms with van der Waals surface area (Å²) in [6.07, 6.45) is 3.44. The Hall–Kier alpha value is -2.71. The van der Waals surface area contributed by atoms with E-state index in [1.165, 1.54) is 23.5 Å². The van der Waals surface area contributed by atoms with Gasteiger partial charge >= 0.3 is 10.1 Å². The van der Waals surface area contributed by atoms with Crippen LogP contribution < -0.4 is 9.50 Å². The molecule has 4 atom stereocenters. The Morgan fingerprint density at radius 2 is 1.94 bits per heavy atom. The van der Waals surface area contributed by atoms with Gasteiger partial charge in [-0.05, 0) is 66.3 Å². The van der Waals surface area contributed by atoms with Gasteiger partial charge in [-0.25, -0.2) is 0 Å². The highest BCUT2D eigenvalue weighted by molar-refractivity contribution is 7.87. The van der Waals surface area contributed by atoms with Crippen molar-refractivity contribution >= 4 is 43.7 Å². The molecular weight excluding hydrogens is 470 g/mol. The molecule has 3 aliphatic rings. The van der Waals surface area contributed by atoms with E-state index in [9.17, 15) is 18.0 Å². The molecule has 3 fully saturated rings. The van der Waals surface area contributed by atoms with Crippen LogP contribution in [0.15, 0.2) is 58.8 Å². The molecule has 0 radical (unpaired) electrons. The maximum atomic E-state index is 13.4. The van der Waals surface area contributed by atoms with Gasteiger partial charge in [0.2, 0.25) is 0 Å². The lowest BCUT2D eigenvalue weighted by Gasteiger charge is -2.62. The van der Waals surface area contributed by atoms with Crippen molar-refractivity contribution in [3.05, 3.63) is 59.5 Å². The molecule has 0 spiro atoms. The summed E-state index contributed by atoms with van der Waals surface area (Å²) in [7, 11) is -3.98. The van der Waals surface area contributed by atoms with Crippen LogP contribution in [0.4, 0.5) is 0 Å². The molecule has 1 heterocycles. The highest BCUT2D eigenvalue weighted by atomic mass is 32.2. The first-order chi connectivity index (χ1) is 16.2. The number of hydrogen-bond acceptors (Lipinski definition) is 6. The van der Waals surface area contributed by atoms with Gasteiger partial charge in [-0.15, -0.1) is 11.3 Å². The summed E-state index contributed by atoms with van der Waals surface area (Å²) < 4.78 is 31.5. The standard InChI is InChI=1S/C26H27NO5S2/c1-26(2)17-12-16(10-11-28)24(22(26)13-17)27-25(29)21-15-33-23-9-8-18(14-20(21)23)32-34(30,31)19-6-4-3-5-7-19/h3-9,11,14-17,22,24H,10,12-13H2,1-2H3,(H,27,29)/t16-,17-,22-,24?/m0/s1. The van der Waals surface area contributed by atoms with Crippen molar-refractivity contribution in [3.8, 4) is 5.75 Å². The third-order valence-electron chi connectivity index (χ3n) is 7.80. The van der Waals surface area contributed by atoms with E-state index in [2.05, 4.69) is 19.2 Å². The number of hydrogen-bond donors (Lipinski definition) is 1. The maximum absolute atomic E-state index is 13.4. The zero-order valence-corrected chi connectivity index (χ0v) is 20.7. The fourth-order valence-corrected chi connectivity index (χ4v) is 7.58. The van der Waals surface area contributed by atoms with Gasteiger partial charge in [0, 0.05) is 27.9 Å². The van der Waals surface area contributed by atoms with Gasteiger partial charge in [0.1, 0.15) is 16.9 Å². The van der Waals surface area contributed by atoms with E-state index in [1.54, 1.807) is 41.8 Å². The Morgan fingerprint density at radius 3 is 2.65 bits per heavy atom. The first kappa shape index (κ1) is 23.1. The fraction of sp³-hybridized carbons (Fsp3) is 0.385. The molecule has 2 bridgehead atoms. The number of rotatable bonds is 7. The van der Waals surface area contributed by atoms with Crippen LogP contribution >= 0.6 is 11.3 Å². The quantitative estimate of drug-likeness (QED) is 0.365. The first-order valence-electron chi connectivity index (χ1n) is 11.5. The summed E-state index contributed by atoms with van der Waals surface area (Å²) in [5.74, 6) is 1.06. The smallest absolute Gasteiger partial charge is 0.339 e. The summed E-state index contributed by atoms with van der Waals surface area (Å²) in [6.45, 7) is 4.50. The fourth-order valence-electron chi connectivity index (χ4n) is 5.72. The van der Waals surface area contributed by atoms with Gasteiger partial charge in [0.05, 0.1) is 5.56 Å². The monoisotopic (exact) mass is 497 g/mol. The number of fused-ring (bicyclic) bond motifs is 3. The third kappa shape index (κ3) is 3.92. The van der Waals surface area contributed by atoms with Crippen LogP contribution in [0.5, 0.6) is 5.75 Å². The predicted molar refractivity (Wildman–Crippen MR) is 132 cm³/mol. The summed E-state index contributed by atoms with van der Waals surface area (Å²) in [5.41, 5.74) is 0.646. The van der Waals surface area contributed by atoms with Gasteiger partial charge in [-0.2, -0.15) is 8.42 Å². The molecule has 3 saturated carbocycles. The minimum atomic E-state index is -3.98. The van der Waals surface area contributed by atoms with Crippen LogP contribution in [0.2, 0.25) is 0 Å². The van der Waals surface area contributed by atoms with E-state index in [1.807, 2.05) is 0 Å². The van der Waals surface area contributed by atoms with Crippen molar-refractivity contribution in [2.24, 2.45) is 23.2 Å². The summed E-state index contributed by atoms with van der Waals surface area (Å²) >= 11 is 1.43. The van der Waals surface area contributed by atoms with E-state index in [-0.39, 0.29) is 33.9 Å². The molecule has 3 aromatic rings. The number of carbonyl (C=O) groups is 2. The van der Waals surface area contributed by atoms with Gasteiger partial charge < -0.3 is 14.3 Å². The van der Waals surface area contributed by atoms with E-state index >= 15 is 0 Å². The molecule has 0 saturated heterocycles. The highest BCUT2D eigenvalue weighted by Crippen LogP contribution is 2.61. The molecule has 1 aromatic heterocycles. The van der Waals surface area contributed by atoms with Crippen molar-refractivity contribution < 1.29 is 22.2 Å². The molecular formula is C26H27NO5S2. The van der Waals surface area contributed by atoms with Crippen LogP contribution in [-0.2, 0) is 14.9 Å². The molecule has 178 valence electrons. The SMILES string of the molecule is CC1(C)[C@H]2C[C@H](CC=O)C(NC(=O)c3csc4ccc(OS(=O)(=O)c5ccccc5)cc34)[C@@H]1C2. The zero-order chi connectivity index (χ0) is 24.1. The lowest BCUT2D eigenvalue weighted by atomic mass is 9.44. The normalized spacial score (nSPS) is 25.4. The Labute approximate surface area is 203 Å². The molecule has 1 N–H and O–H groups in total. The van der Waals surface area contributed by atoms with Crippen molar-refractivity contribution in [1.29, 1.82) is 0 Å². The van der Waals surface area contributed by atoms with Crippen LogP contribution in [-0.4, -0.2) is 26.7 Å². The molecule has 2 aromatic carbocycles. The van der Waals surface area contributed by atoms with Crippen LogP contribution in [0.25, 0.3) is 10.1 Å². The number of thiophene rings is 1. The van der Waals surface area contributed by atoms with Gasteiger partial charge in [0.15, 0.2) is 0 Å². The number of benzene rings is 2. The molecule has 3 aliphatic carbocycles. The molecule has 6 rings (SSSR count). The van der Waals surface area contributed by atoms with Crippen molar-refractivity contribution in [3.63, 3.8) is 0 Å². The molecule has 34 heavy (non-hydrogen) atoms. The average molecular weight is 498 g/mol. The second-order valence-electron chi connectivity index (χ2n) is 9.92. The number of carbonyl (C=O) groups excluding carboxylic acids is 2. The molecule has 1 amide bonds. The summed E-state index contributed by atoms with van der Waals surface area (Å²) in [4.78, 5) is 24.7. The Kier molecular flexibility index (Phi) is 5.76. The van der Waals surface area contributed by atoms with Crippen molar-refractivity contribution in [1.82, 2.24) is 5.32 Å². The Bertz CT molecular complexity index is 1350. The van der Waals surface area contributed by atoms with E-state index in [0.717, 1.165) is 23.8 Å². The minimum absolute atomic E-state index is 0.0504. The van der Waals surface area contributed by atoms with E-state index in [4.69, 9.17) is 4.18 Å². The maximum Gasteiger partial charge on any atom is 0.339 e. The first-order valence-corrected chi connectivity index (χ1v) is 13.7. The van der Waals surface area contributed by atoms with Gasteiger partial charge in [0.25, 0.3) is 5.91 Å². The third-order valence-corrected chi connectivity index (χ3v) is 10.0. The Morgan fingerprint density at radius 1 is 1.18 bits per heavy atom. The largest absolute Gasteiger partial charge is 0.379 e. The van der Waals surface area contributed by atoms with Gasteiger partial charge in [-0.3, -0.25) is 4.79 Å². The Balaban J connectivity index is 1.40. The number of amides is 1. The average Bonchev–Trinajstić information content (AvgIpc) is 3.23. The number of nitrogens with one attached hydrogen (secondary N) is 1. The topological polar surface area (TPSA) is 89.5 Å². The second kappa shape index (κ2) is 8.50. The second-order valence-corrected chi connectivity index (χ2v) is 12.4. The van der Waals surface area contributed by atoms with Gasteiger partial charge in [-0.1, -0.05) is 32.0 Å². The van der Waals surface area contributed by atoms with E-state index < -0.39 is 10.1 Å². The summed E-state index contributed by atoms with van der Waals surface area (Å²) in [5, 5.41) is 5.68. The molecule has 8 heteroatoms. The number of aldehydes is 1. The lowest BCUT2D eigenvalue weighted by Crippen LogP contribution is -2.63. The molecule has 0 aliphatic heterocycles. The van der Waals surface area contributed by atoms with Crippen molar-refractivity contribution in [2.45, 2.75) is 44.0 Å². The zero-order valence-electron chi connectivity index (χ0n) is 19.1. The molecule has 1 unspecified atom stereocenters. The predicted octanol–water partition coefficient (Wildman–Crippen LogP) is 5.04. The lowest BCUT2D eigenvalue weighted by molar-refractivity contribution is -0.123. The van der Waals surface area contributed by atoms with Crippen LogP contribution in [0.3, 0.4) is 0 Å². The summed E-state index contributed by atoms with van der Waals surface area (Å²) in [6, 6.07) is 12.9. The van der Waals surface area contributed by atoms with Crippen molar-refractivity contribution in [2.75, 3.05) is 0 Å². The van der Waals surface area contributed by atoms with Crippen LogP contribution in [0, 0.1) is 23.2 Å². The molecule has 6 nitrogen and oxygen atoms in total. The minimum Gasteiger partial charge on any atom is -0.379 e. The highest BCUT2D eigenvalue weighted by Gasteiger charge is 2.57. The van der Waals surface area contributed by atoms with E-state index in [0.29, 0.717) is 29.2 Å². The van der Waals surface area contributed by atoms with Crippen LogP contribution in [0.1, 0.15) is 43.5 Å².